The average molecular weight is 362 g/mol. The molecule has 2 N–H and O–H groups in total. The zero-order valence-electron chi connectivity index (χ0n) is 12.8. The molecule has 0 unspecified atom stereocenters. The second kappa shape index (κ2) is 7.84. The smallest absolute Gasteiger partial charge is 0.319 e. The molecule has 0 saturated carbocycles. The molecule has 2 aromatic rings. The van der Waals surface area contributed by atoms with Crippen LogP contribution in [0.15, 0.2) is 53.0 Å². The molecule has 0 fully saturated rings. The van der Waals surface area contributed by atoms with Gasteiger partial charge < -0.3 is 15.5 Å². The van der Waals surface area contributed by atoms with Crippen LogP contribution in [0.5, 0.6) is 0 Å². The molecule has 0 saturated heterocycles. The first-order valence-corrected chi connectivity index (χ1v) is 7.90. The maximum absolute atomic E-state index is 11.9. The van der Waals surface area contributed by atoms with Crippen molar-refractivity contribution >= 4 is 33.3 Å². The molecule has 4 nitrogen and oxygen atoms in total. The number of amides is 2. The van der Waals surface area contributed by atoms with Gasteiger partial charge in [0.1, 0.15) is 0 Å². The van der Waals surface area contributed by atoms with Gasteiger partial charge in [-0.15, -0.1) is 0 Å². The van der Waals surface area contributed by atoms with E-state index in [-0.39, 0.29) is 6.03 Å². The van der Waals surface area contributed by atoms with Crippen molar-refractivity contribution in [2.45, 2.75) is 6.42 Å². The van der Waals surface area contributed by atoms with Crippen LogP contribution in [0.25, 0.3) is 0 Å². The van der Waals surface area contributed by atoms with Crippen molar-refractivity contribution in [2.75, 3.05) is 30.9 Å². The van der Waals surface area contributed by atoms with E-state index in [0.29, 0.717) is 6.54 Å². The molecule has 0 heterocycles. The number of anilines is 2. The molecule has 0 spiro atoms. The zero-order valence-corrected chi connectivity index (χ0v) is 14.4. The maximum atomic E-state index is 11.9. The Morgan fingerprint density at radius 1 is 1.14 bits per heavy atom. The Hall–Kier alpha value is -2.01. The summed E-state index contributed by atoms with van der Waals surface area (Å²) >= 11 is 3.44. The Morgan fingerprint density at radius 3 is 2.64 bits per heavy atom. The fraction of sp³-hybridized carbons (Fsp3) is 0.235. The molecule has 116 valence electrons. The fourth-order valence-corrected chi connectivity index (χ4v) is 2.50. The Balaban J connectivity index is 1.82. The van der Waals surface area contributed by atoms with Crippen LogP contribution < -0.4 is 15.5 Å². The molecule has 0 aliphatic heterocycles. The quantitative estimate of drug-likeness (QED) is 0.848. The van der Waals surface area contributed by atoms with Crippen molar-refractivity contribution in [1.29, 1.82) is 0 Å². The van der Waals surface area contributed by atoms with Crippen LogP contribution >= 0.6 is 15.9 Å². The fourth-order valence-electron chi connectivity index (χ4n) is 2.05. The summed E-state index contributed by atoms with van der Waals surface area (Å²) in [5.74, 6) is 0. The van der Waals surface area contributed by atoms with Crippen molar-refractivity contribution in [2.24, 2.45) is 0 Å². The summed E-state index contributed by atoms with van der Waals surface area (Å²) < 4.78 is 1.05. The van der Waals surface area contributed by atoms with E-state index in [4.69, 9.17) is 0 Å². The third kappa shape index (κ3) is 5.07. The number of carbonyl (C=O) groups excluding carboxylic acids is 1. The first-order valence-electron chi connectivity index (χ1n) is 7.11. The zero-order chi connectivity index (χ0) is 15.9. The number of hydrogen-bond acceptors (Lipinski definition) is 2. The lowest BCUT2D eigenvalue weighted by Crippen LogP contribution is -2.30. The van der Waals surface area contributed by atoms with Crippen LogP contribution in [0, 0.1) is 0 Å². The second-order valence-corrected chi connectivity index (χ2v) is 6.12. The SMILES string of the molecule is CN(C)c1cccc(NC(=O)NCCc2cccc(Br)c2)c1. The number of carbonyl (C=O) groups is 1. The van der Waals surface area contributed by atoms with E-state index in [1.54, 1.807) is 0 Å². The normalized spacial score (nSPS) is 10.1. The van der Waals surface area contributed by atoms with E-state index in [1.165, 1.54) is 5.56 Å². The van der Waals surface area contributed by atoms with E-state index < -0.39 is 0 Å². The van der Waals surface area contributed by atoms with Gasteiger partial charge in [-0.2, -0.15) is 0 Å². The molecular weight excluding hydrogens is 342 g/mol. The summed E-state index contributed by atoms with van der Waals surface area (Å²) in [5, 5.41) is 5.72. The predicted octanol–water partition coefficient (Wildman–Crippen LogP) is 3.88. The molecule has 2 rings (SSSR count). The third-order valence-electron chi connectivity index (χ3n) is 3.21. The minimum atomic E-state index is -0.189. The van der Waals surface area contributed by atoms with Crippen molar-refractivity contribution < 1.29 is 4.79 Å². The van der Waals surface area contributed by atoms with Crippen LogP contribution in [0.1, 0.15) is 5.56 Å². The molecule has 2 aromatic carbocycles. The molecule has 22 heavy (non-hydrogen) atoms. The Bertz CT molecular complexity index is 643. The molecule has 0 aliphatic carbocycles. The lowest BCUT2D eigenvalue weighted by molar-refractivity contribution is 0.252. The standard InChI is InChI=1S/C17H20BrN3O/c1-21(2)16-8-4-7-15(12-16)20-17(22)19-10-9-13-5-3-6-14(18)11-13/h3-8,11-12H,9-10H2,1-2H3,(H2,19,20,22). The summed E-state index contributed by atoms with van der Waals surface area (Å²) in [6.45, 7) is 0.593. The van der Waals surface area contributed by atoms with Crippen molar-refractivity contribution in [3.63, 3.8) is 0 Å². The molecule has 0 aliphatic rings. The van der Waals surface area contributed by atoms with Gasteiger partial charge >= 0.3 is 6.03 Å². The van der Waals surface area contributed by atoms with E-state index in [2.05, 4.69) is 32.6 Å². The summed E-state index contributed by atoms with van der Waals surface area (Å²) in [4.78, 5) is 13.9. The van der Waals surface area contributed by atoms with Gasteiger partial charge in [0.25, 0.3) is 0 Å². The van der Waals surface area contributed by atoms with Crippen LogP contribution in [-0.4, -0.2) is 26.7 Å². The number of hydrogen-bond donors (Lipinski definition) is 2. The predicted molar refractivity (Wildman–Crippen MR) is 95.6 cm³/mol. The maximum Gasteiger partial charge on any atom is 0.319 e. The highest BCUT2D eigenvalue weighted by atomic mass is 79.9. The van der Waals surface area contributed by atoms with Crippen LogP contribution in [0.2, 0.25) is 0 Å². The van der Waals surface area contributed by atoms with Gasteiger partial charge in [-0.05, 0) is 42.3 Å². The van der Waals surface area contributed by atoms with Gasteiger partial charge in [0, 0.05) is 36.5 Å². The Labute approximate surface area is 139 Å². The highest BCUT2D eigenvalue weighted by Gasteiger charge is 2.03. The lowest BCUT2D eigenvalue weighted by atomic mass is 10.1. The second-order valence-electron chi connectivity index (χ2n) is 5.21. The van der Waals surface area contributed by atoms with E-state index >= 15 is 0 Å². The minimum absolute atomic E-state index is 0.189. The molecule has 0 radical (unpaired) electrons. The molecular formula is C17H20BrN3O. The summed E-state index contributed by atoms with van der Waals surface area (Å²) in [6, 6.07) is 15.6. The lowest BCUT2D eigenvalue weighted by Gasteiger charge is -2.14. The van der Waals surface area contributed by atoms with E-state index in [0.717, 1.165) is 22.3 Å². The first-order chi connectivity index (χ1) is 10.5. The Kier molecular flexibility index (Phi) is 5.83. The highest BCUT2D eigenvalue weighted by molar-refractivity contribution is 9.10. The molecule has 0 aromatic heterocycles. The van der Waals surface area contributed by atoms with Crippen molar-refractivity contribution in [3.8, 4) is 0 Å². The molecule has 2 amide bonds. The van der Waals surface area contributed by atoms with Crippen LogP contribution in [0.4, 0.5) is 16.2 Å². The summed E-state index contributed by atoms with van der Waals surface area (Å²) in [6.07, 6.45) is 0.796. The van der Waals surface area contributed by atoms with Gasteiger partial charge in [-0.3, -0.25) is 0 Å². The van der Waals surface area contributed by atoms with Crippen molar-refractivity contribution in [3.05, 3.63) is 58.6 Å². The van der Waals surface area contributed by atoms with E-state index in [9.17, 15) is 4.79 Å². The van der Waals surface area contributed by atoms with Gasteiger partial charge in [0.2, 0.25) is 0 Å². The van der Waals surface area contributed by atoms with Gasteiger partial charge in [-0.25, -0.2) is 4.79 Å². The minimum Gasteiger partial charge on any atom is -0.378 e. The summed E-state index contributed by atoms with van der Waals surface area (Å²) in [5.41, 5.74) is 3.02. The van der Waals surface area contributed by atoms with Crippen LogP contribution in [0.3, 0.4) is 0 Å². The van der Waals surface area contributed by atoms with E-state index in [1.807, 2.05) is 61.5 Å². The summed E-state index contributed by atoms with van der Waals surface area (Å²) in [7, 11) is 3.94. The number of urea groups is 1. The van der Waals surface area contributed by atoms with Gasteiger partial charge in [0.15, 0.2) is 0 Å². The third-order valence-corrected chi connectivity index (χ3v) is 3.70. The number of benzene rings is 2. The number of nitrogens with one attached hydrogen (secondary N) is 2. The number of halogens is 1. The number of nitrogens with zero attached hydrogens (tertiary/aromatic N) is 1. The van der Waals surface area contributed by atoms with Crippen LogP contribution in [-0.2, 0) is 6.42 Å². The average Bonchev–Trinajstić information content (AvgIpc) is 2.47. The Morgan fingerprint density at radius 2 is 1.91 bits per heavy atom. The molecule has 0 bridgehead atoms. The van der Waals surface area contributed by atoms with Gasteiger partial charge in [0.05, 0.1) is 0 Å². The number of rotatable bonds is 5. The highest BCUT2D eigenvalue weighted by Crippen LogP contribution is 2.17. The molecule has 0 atom stereocenters. The monoisotopic (exact) mass is 361 g/mol. The molecule has 5 heteroatoms. The van der Waals surface area contributed by atoms with Gasteiger partial charge in [-0.1, -0.05) is 34.1 Å². The topological polar surface area (TPSA) is 44.4 Å². The first kappa shape index (κ1) is 16.4. The van der Waals surface area contributed by atoms with Crippen molar-refractivity contribution in [1.82, 2.24) is 5.32 Å². The largest absolute Gasteiger partial charge is 0.378 e.